The first-order chi connectivity index (χ1) is 9.34. The highest BCUT2D eigenvalue weighted by atomic mass is 14.7. The third-order valence-electron chi connectivity index (χ3n) is 5.36. The standard InChI is InChI=1S/C19H23N/c1-9-8-16-17(13(5)10(9)2)18-14(6)11(3)12(4)15(7)19(18)20-16/h8,20H,1-7H3. The predicted molar refractivity (Wildman–Crippen MR) is 89.0 cm³/mol. The highest BCUT2D eigenvalue weighted by Gasteiger charge is 2.16. The Labute approximate surface area is 121 Å². The second-order valence-electron chi connectivity index (χ2n) is 6.24. The van der Waals surface area contributed by atoms with Gasteiger partial charge in [-0.15, -0.1) is 0 Å². The van der Waals surface area contributed by atoms with Crippen LogP contribution in [0, 0.1) is 48.5 Å². The summed E-state index contributed by atoms with van der Waals surface area (Å²) in [5, 5.41) is 2.83. The zero-order valence-electron chi connectivity index (χ0n) is 13.6. The fourth-order valence-corrected chi connectivity index (χ4v) is 3.42. The van der Waals surface area contributed by atoms with Crippen LogP contribution in [0.3, 0.4) is 0 Å². The fourth-order valence-electron chi connectivity index (χ4n) is 3.42. The van der Waals surface area contributed by atoms with E-state index in [9.17, 15) is 0 Å². The number of aryl methyl sites for hydroxylation is 4. The van der Waals surface area contributed by atoms with Crippen molar-refractivity contribution in [3.63, 3.8) is 0 Å². The molecule has 0 spiro atoms. The molecule has 0 unspecified atom stereocenters. The van der Waals surface area contributed by atoms with Crippen LogP contribution in [0.2, 0.25) is 0 Å². The summed E-state index contributed by atoms with van der Waals surface area (Å²) in [6.45, 7) is 15.6. The van der Waals surface area contributed by atoms with E-state index in [0.29, 0.717) is 0 Å². The van der Waals surface area contributed by atoms with Crippen LogP contribution in [0.15, 0.2) is 6.07 Å². The Morgan fingerprint density at radius 2 is 1.15 bits per heavy atom. The van der Waals surface area contributed by atoms with Crippen molar-refractivity contribution >= 4 is 21.8 Å². The zero-order valence-corrected chi connectivity index (χ0v) is 13.6. The smallest absolute Gasteiger partial charge is 0.0500 e. The second kappa shape index (κ2) is 4.12. The van der Waals surface area contributed by atoms with Gasteiger partial charge >= 0.3 is 0 Å². The van der Waals surface area contributed by atoms with E-state index in [1.807, 2.05) is 0 Å². The topological polar surface area (TPSA) is 15.8 Å². The minimum Gasteiger partial charge on any atom is -0.354 e. The van der Waals surface area contributed by atoms with Crippen molar-refractivity contribution < 1.29 is 0 Å². The molecule has 0 bridgehead atoms. The highest BCUT2D eigenvalue weighted by Crippen LogP contribution is 2.37. The number of nitrogens with one attached hydrogen (secondary N) is 1. The van der Waals surface area contributed by atoms with Gasteiger partial charge in [-0.2, -0.15) is 0 Å². The Bertz CT molecular complexity index is 863. The van der Waals surface area contributed by atoms with Crippen molar-refractivity contribution in [2.75, 3.05) is 0 Å². The van der Waals surface area contributed by atoms with Crippen LogP contribution in [0.5, 0.6) is 0 Å². The lowest BCUT2D eigenvalue weighted by atomic mass is 9.92. The summed E-state index contributed by atoms with van der Waals surface area (Å²) in [5.74, 6) is 0. The Hall–Kier alpha value is -1.76. The molecular formula is C19H23N. The maximum absolute atomic E-state index is 3.66. The first-order valence-corrected chi connectivity index (χ1v) is 7.33. The minimum atomic E-state index is 1.27. The molecule has 0 aliphatic carbocycles. The van der Waals surface area contributed by atoms with Crippen molar-refractivity contribution in [1.82, 2.24) is 4.98 Å². The Balaban J connectivity index is 2.69. The van der Waals surface area contributed by atoms with Crippen LogP contribution in [0.4, 0.5) is 0 Å². The van der Waals surface area contributed by atoms with Gasteiger partial charge in [0.1, 0.15) is 0 Å². The molecule has 0 aliphatic rings. The molecule has 3 aromatic rings. The lowest BCUT2D eigenvalue weighted by molar-refractivity contribution is 1.24. The molecule has 0 atom stereocenters. The molecule has 0 amide bonds. The number of aromatic amines is 1. The molecule has 1 heteroatoms. The fraction of sp³-hybridized carbons (Fsp3) is 0.368. The molecule has 1 N–H and O–H groups in total. The molecule has 1 aromatic heterocycles. The number of rotatable bonds is 0. The second-order valence-corrected chi connectivity index (χ2v) is 6.24. The third kappa shape index (κ3) is 1.49. The number of benzene rings is 2. The van der Waals surface area contributed by atoms with Crippen molar-refractivity contribution in [2.24, 2.45) is 0 Å². The molecule has 0 fully saturated rings. The van der Waals surface area contributed by atoms with Crippen LogP contribution >= 0.6 is 0 Å². The maximum atomic E-state index is 3.66. The van der Waals surface area contributed by atoms with E-state index in [2.05, 4.69) is 59.5 Å². The van der Waals surface area contributed by atoms with Gasteiger partial charge in [-0.05, 0) is 93.5 Å². The van der Waals surface area contributed by atoms with Crippen LogP contribution in [0.1, 0.15) is 38.9 Å². The number of hydrogen-bond acceptors (Lipinski definition) is 0. The summed E-state index contributed by atoms with van der Waals surface area (Å²) in [5.41, 5.74) is 12.4. The van der Waals surface area contributed by atoms with Crippen molar-refractivity contribution in [3.8, 4) is 0 Å². The summed E-state index contributed by atoms with van der Waals surface area (Å²) >= 11 is 0. The van der Waals surface area contributed by atoms with Crippen LogP contribution < -0.4 is 0 Å². The maximum Gasteiger partial charge on any atom is 0.0500 e. The predicted octanol–water partition coefficient (Wildman–Crippen LogP) is 5.48. The van der Waals surface area contributed by atoms with Crippen molar-refractivity contribution in [3.05, 3.63) is 45.0 Å². The van der Waals surface area contributed by atoms with E-state index < -0.39 is 0 Å². The van der Waals surface area contributed by atoms with Gasteiger partial charge in [0.25, 0.3) is 0 Å². The Morgan fingerprint density at radius 1 is 0.600 bits per heavy atom. The number of fused-ring (bicyclic) bond motifs is 3. The Morgan fingerprint density at radius 3 is 1.80 bits per heavy atom. The van der Waals surface area contributed by atoms with E-state index in [-0.39, 0.29) is 0 Å². The van der Waals surface area contributed by atoms with Gasteiger partial charge < -0.3 is 4.98 Å². The van der Waals surface area contributed by atoms with E-state index in [0.717, 1.165) is 0 Å². The lowest BCUT2D eigenvalue weighted by Gasteiger charge is -2.12. The van der Waals surface area contributed by atoms with Gasteiger partial charge in [0.15, 0.2) is 0 Å². The molecule has 3 rings (SSSR count). The molecule has 0 radical (unpaired) electrons. The van der Waals surface area contributed by atoms with Crippen LogP contribution in [-0.4, -0.2) is 4.98 Å². The third-order valence-corrected chi connectivity index (χ3v) is 5.36. The van der Waals surface area contributed by atoms with Crippen LogP contribution in [-0.2, 0) is 0 Å². The lowest BCUT2D eigenvalue weighted by Crippen LogP contribution is -1.93. The van der Waals surface area contributed by atoms with Crippen molar-refractivity contribution in [1.29, 1.82) is 0 Å². The molecule has 0 saturated heterocycles. The van der Waals surface area contributed by atoms with Gasteiger partial charge in [-0.25, -0.2) is 0 Å². The summed E-state index contributed by atoms with van der Waals surface area (Å²) in [6.07, 6.45) is 0. The number of aromatic nitrogens is 1. The van der Waals surface area contributed by atoms with Gasteiger partial charge in [-0.3, -0.25) is 0 Å². The van der Waals surface area contributed by atoms with Gasteiger partial charge in [0.2, 0.25) is 0 Å². The molecule has 1 nitrogen and oxygen atoms in total. The average molecular weight is 265 g/mol. The first-order valence-electron chi connectivity index (χ1n) is 7.33. The molecule has 2 aromatic carbocycles. The highest BCUT2D eigenvalue weighted by molar-refractivity contribution is 6.12. The van der Waals surface area contributed by atoms with E-state index in [1.54, 1.807) is 0 Å². The quantitative estimate of drug-likeness (QED) is 0.554. The summed E-state index contributed by atoms with van der Waals surface area (Å²) in [4.78, 5) is 3.66. The van der Waals surface area contributed by atoms with E-state index >= 15 is 0 Å². The van der Waals surface area contributed by atoms with Gasteiger partial charge in [-0.1, -0.05) is 0 Å². The number of hydrogen-bond donors (Lipinski definition) is 1. The summed E-state index contributed by atoms with van der Waals surface area (Å²) in [7, 11) is 0. The zero-order chi connectivity index (χ0) is 14.8. The molecule has 104 valence electrons. The Kier molecular flexibility index (Phi) is 2.72. The van der Waals surface area contributed by atoms with E-state index in [4.69, 9.17) is 0 Å². The molecule has 20 heavy (non-hydrogen) atoms. The van der Waals surface area contributed by atoms with Gasteiger partial charge in [0, 0.05) is 21.8 Å². The van der Waals surface area contributed by atoms with E-state index in [1.165, 1.54) is 60.8 Å². The van der Waals surface area contributed by atoms with Gasteiger partial charge in [0.05, 0.1) is 0 Å². The molecule has 0 aliphatic heterocycles. The molecule has 0 saturated carbocycles. The first kappa shape index (κ1) is 13.2. The monoisotopic (exact) mass is 265 g/mol. The number of H-pyrrole nitrogens is 1. The van der Waals surface area contributed by atoms with Crippen molar-refractivity contribution in [2.45, 2.75) is 48.5 Å². The molecule has 1 heterocycles. The average Bonchev–Trinajstić information content (AvgIpc) is 2.79. The summed E-state index contributed by atoms with van der Waals surface area (Å²) < 4.78 is 0. The van der Waals surface area contributed by atoms with Crippen LogP contribution in [0.25, 0.3) is 21.8 Å². The normalized spacial score (nSPS) is 11.8. The summed E-state index contributed by atoms with van der Waals surface area (Å²) in [6, 6.07) is 2.29. The molecular weight excluding hydrogens is 242 g/mol. The SMILES string of the molecule is Cc1cc2[nH]c3c(C)c(C)c(C)c(C)c3c2c(C)c1C. The largest absolute Gasteiger partial charge is 0.354 e. The minimum absolute atomic E-state index is 1.27.